The average Bonchev–Trinajstić information content (AvgIpc) is 2.46. The van der Waals surface area contributed by atoms with Crippen LogP contribution in [-0.4, -0.2) is 18.4 Å². The molecule has 2 amide bonds. The van der Waals surface area contributed by atoms with Crippen LogP contribution in [0.4, 0.5) is 10.5 Å². The topological polar surface area (TPSA) is 81.4 Å². The van der Waals surface area contributed by atoms with Gasteiger partial charge in [0.05, 0.1) is 10.0 Å². The van der Waals surface area contributed by atoms with Gasteiger partial charge in [-0.15, -0.1) is 0 Å². The normalized spacial score (nSPS) is 10.1. The lowest BCUT2D eigenvalue weighted by Crippen LogP contribution is -2.19. The van der Waals surface area contributed by atoms with Gasteiger partial charge in [-0.3, -0.25) is 4.79 Å². The predicted octanol–water partition coefficient (Wildman–Crippen LogP) is 3.75. The van der Waals surface area contributed by atoms with Gasteiger partial charge in [0.25, 0.3) is 0 Å². The first-order valence-corrected chi connectivity index (χ1v) is 6.99. The van der Waals surface area contributed by atoms with Crippen molar-refractivity contribution in [3.8, 4) is 5.75 Å². The number of amides is 2. The largest absolute Gasteiger partial charge is 0.482 e. The van der Waals surface area contributed by atoms with E-state index in [4.69, 9.17) is 33.7 Å². The number of nitrogens with one attached hydrogen (secondary N) is 1. The van der Waals surface area contributed by atoms with Crippen LogP contribution in [0, 0.1) is 0 Å². The molecule has 0 aliphatic rings. The Morgan fingerprint density at radius 2 is 1.64 bits per heavy atom. The molecule has 3 N–H and O–H groups in total. The molecule has 0 radical (unpaired) electrons. The van der Waals surface area contributed by atoms with Crippen LogP contribution in [0.1, 0.15) is 10.4 Å². The zero-order chi connectivity index (χ0) is 16.1. The smallest absolute Gasteiger partial charge is 0.316 e. The molecule has 0 atom stereocenters. The number of hydrogen-bond donors (Lipinski definition) is 2. The van der Waals surface area contributed by atoms with Crippen molar-refractivity contribution in [2.75, 3.05) is 11.9 Å². The molecular formula is C15H12Cl2N2O3. The second-order valence-electron chi connectivity index (χ2n) is 4.33. The number of para-hydroxylation sites is 1. The number of carbonyl (C=O) groups is 2. The minimum atomic E-state index is -0.671. The maximum absolute atomic E-state index is 12.1. The number of halogens is 2. The number of anilines is 1. The standard InChI is InChI=1S/C15H12Cl2N2O3/c16-11-2-1-3-12(17)14(11)22-8-13(20)9-4-6-10(7-5-9)19-15(18)21/h1-7H,8H2,(H3,18,19,21). The van der Waals surface area contributed by atoms with E-state index in [0.717, 1.165) is 0 Å². The molecule has 0 fully saturated rings. The van der Waals surface area contributed by atoms with Crippen molar-refractivity contribution in [1.29, 1.82) is 0 Å². The fraction of sp³-hybridized carbons (Fsp3) is 0.0667. The van der Waals surface area contributed by atoms with Gasteiger partial charge in [-0.1, -0.05) is 29.3 Å². The van der Waals surface area contributed by atoms with Crippen molar-refractivity contribution in [3.63, 3.8) is 0 Å². The molecule has 2 aromatic rings. The summed E-state index contributed by atoms with van der Waals surface area (Å²) >= 11 is 11.9. The number of nitrogens with two attached hydrogens (primary N) is 1. The molecule has 0 bridgehead atoms. The molecule has 114 valence electrons. The fourth-order valence-corrected chi connectivity index (χ4v) is 2.23. The van der Waals surface area contributed by atoms with Crippen LogP contribution in [0.2, 0.25) is 10.0 Å². The van der Waals surface area contributed by atoms with Crippen molar-refractivity contribution >= 4 is 40.7 Å². The van der Waals surface area contributed by atoms with Crippen molar-refractivity contribution in [2.24, 2.45) is 5.73 Å². The third-order valence-electron chi connectivity index (χ3n) is 2.74. The minimum Gasteiger partial charge on any atom is -0.482 e. The third-order valence-corrected chi connectivity index (χ3v) is 3.34. The van der Waals surface area contributed by atoms with E-state index >= 15 is 0 Å². The van der Waals surface area contributed by atoms with Crippen molar-refractivity contribution in [2.45, 2.75) is 0 Å². The summed E-state index contributed by atoms with van der Waals surface area (Å²) in [7, 11) is 0. The lowest BCUT2D eigenvalue weighted by molar-refractivity contribution is 0.0922. The van der Waals surface area contributed by atoms with Gasteiger partial charge in [0.1, 0.15) is 0 Å². The first-order valence-electron chi connectivity index (χ1n) is 6.24. The molecule has 2 rings (SSSR count). The molecule has 0 saturated heterocycles. The van der Waals surface area contributed by atoms with Crippen molar-refractivity contribution < 1.29 is 14.3 Å². The highest BCUT2D eigenvalue weighted by molar-refractivity contribution is 6.37. The van der Waals surface area contributed by atoms with Gasteiger partial charge >= 0.3 is 6.03 Å². The van der Waals surface area contributed by atoms with E-state index in [1.54, 1.807) is 42.5 Å². The van der Waals surface area contributed by atoms with Gasteiger partial charge in [0.15, 0.2) is 18.1 Å². The summed E-state index contributed by atoms with van der Waals surface area (Å²) in [6.45, 7) is -0.202. The van der Waals surface area contributed by atoms with E-state index in [0.29, 0.717) is 21.3 Å². The zero-order valence-corrected chi connectivity index (χ0v) is 12.8. The van der Waals surface area contributed by atoms with Gasteiger partial charge in [0.2, 0.25) is 0 Å². The van der Waals surface area contributed by atoms with Gasteiger partial charge in [-0.2, -0.15) is 0 Å². The van der Waals surface area contributed by atoms with E-state index in [-0.39, 0.29) is 18.1 Å². The molecule has 0 saturated carbocycles. The van der Waals surface area contributed by atoms with E-state index in [9.17, 15) is 9.59 Å². The summed E-state index contributed by atoms with van der Waals surface area (Å²) in [5.41, 5.74) is 5.93. The molecule has 7 heteroatoms. The van der Waals surface area contributed by atoms with E-state index < -0.39 is 6.03 Å². The van der Waals surface area contributed by atoms with Crippen LogP contribution < -0.4 is 15.8 Å². The number of carbonyl (C=O) groups excluding carboxylic acids is 2. The number of ketones is 1. The third kappa shape index (κ3) is 4.13. The van der Waals surface area contributed by atoms with Crippen molar-refractivity contribution in [1.82, 2.24) is 0 Å². The SMILES string of the molecule is NC(=O)Nc1ccc(C(=O)COc2c(Cl)cccc2Cl)cc1. The Hall–Kier alpha value is -2.24. The first-order chi connectivity index (χ1) is 10.5. The van der Waals surface area contributed by atoms with E-state index in [2.05, 4.69) is 5.32 Å². The van der Waals surface area contributed by atoms with E-state index in [1.165, 1.54) is 0 Å². The Morgan fingerprint density at radius 3 is 2.18 bits per heavy atom. The van der Waals surface area contributed by atoms with Gasteiger partial charge in [-0.25, -0.2) is 4.79 Å². The Bertz CT molecular complexity index is 682. The molecule has 22 heavy (non-hydrogen) atoms. The number of benzene rings is 2. The maximum atomic E-state index is 12.1. The van der Waals surface area contributed by atoms with Crippen LogP contribution in [-0.2, 0) is 0 Å². The first kappa shape index (κ1) is 16.1. The molecule has 0 aliphatic heterocycles. The summed E-state index contributed by atoms with van der Waals surface area (Å²) in [6.07, 6.45) is 0. The van der Waals surface area contributed by atoms with Crippen LogP contribution in [0.15, 0.2) is 42.5 Å². The number of hydrogen-bond acceptors (Lipinski definition) is 3. The summed E-state index contributed by atoms with van der Waals surface area (Å²) in [6, 6.07) is 10.5. The second-order valence-corrected chi connectivity index (χ2v) is 5.14. The number of primary amides is 1. The summed E-state index contributed by atoms with van der Waals surface area (Å²) in [5.74, 6) is 0.0211. The van der Waals surface area contributed by atoms with Crippen molar-refractivity contribution in [3.05, 3.63) is 58.1 Å². The molecule has 0 aromatic heterocycles. The van der Waals surface area contributed by atoms with E-state index in [1.807, 2.05) is 0 Å². The Labute approximate surface area is 137 Å². The number of urea groups is 1. The van der Waals surface area contributed by atoms with Gasteiger partial charge in [0, 0.05) is 11.3 Å². The molecule has 5 nitrogen and oxygen atoms in total. The lowest BCUT2D eigenvalue weighted by Gasteiger charge is -2.09. The minimum absolute atomic E-state index is 0.202. The molecule has 2 aromatic carbocycles. The van der Waals surface area contributed by atoms with Gasteiger partial charge in [-0.05, 0) is 36.4 Å². The monoisotopic (exact) mass is 338 g/mol. The summed E-state index contributed by atoms with van der Waals surface area (Å²) in [4.78, 5) is 22.8. The number of Topliss-reactive ketones (excluding diaryl/α,β-unsaturated/α-hetero) is 1. The second kappa shape index (κ2) is 7.15. The molecule has 0 aliphatic carbocycles. The summed E-state index contributed by atoms with van der Waals surface area (Å²) < 4.78 is 5.38. The Balaban J connectivity index is 2.02. The highest BCUT2D eigenvalue weighted by Gasteiger charge is 2.11. The fourth-order valence-electron chi connectivity index (χ4n) is 1.72. The number of rotatable bonds is 5. The lowest BCUT2D eigenvalue weighted by atomic mass is 10.1. The summed E-state index contributed by atoms with van der Waals surface area (Å²) in [5, 5.41) is 3.07. The predicted molar refractivity (Wildman–Crippen MR) is 85.9 cm³/mol. The molecule has 0 heterocycles. The number of ether oxygens (including phenoxy) is 1. The molecule has 0 unspecified atom stereocenters. The highest BCUT2D eigenvalue weighted by Crippen LogP contribution is 2.32. The van der Waals surface area contributed by atoms with Gasteiger partial charge < -0.3 is 15.8 Å². The van der Waals surface area contributed by atoms with Crippen LogP contribution in [0.3, 0.4) is 0 Å². The highest BCUT2D eigenvalue weighted by atomic mass is 35.5. The van der Waals surface area contributed by atoms with Crippen LogP contribution in [0.25, 0.3) is 0 Å². The molecule has 0 spiro atoms. The average molecular weight is 339 g/mol. The van der Waals surface area contributed by atoms with Crippen LogP contribution in [0.5, 0.6) is 5.75 Å². The molecular weight excluding hydrogens is 327 g/mol. The quantitative estimate of drug-likeness (QED) is 0.814. The maximum Gasteiger partial charge on any atom is 0.316 e. The van der Waals surface area contributed by atoms with Crippen LogP contribution >= 0.6 is 23.2 Å². The Morgan fingerprint density at radius 1 is 1.05 bits per heavy atom. The zero-order valence-electron chi connectivity index (χ0n) is 11.3. The Kier molecular flexibility index (Phi) is 5.25.